The van der Waals surface area contributed by atoms with E-state index in [1.54, 1.807) is 25.4 Å². The van der Waals surface area contributed by atoms with E-state index in [4.69, 9.17) is 0 Å². The second kappa shape index (κ2) is 15.3. The fourth-order valence-corrected chi connectivity index (χ4v) is 7.85. The van der Waals surface area contributed by atoms with Gasteiger partial charge in [0, 0.05) is 99.8 Å². The molecule has 4 N–H and O–H groups in total. The Bertz CT molecular complexity index is 2070. The molecule has 54 heavy (non-hydrogen) atoms. The maximum absolute atomic E-state index is 13.6. The molecule has 0 radical (unpaired) electrons. The normalized spacial score (nSPS) is 20.3. The van der Waals surface area contributed by atoms with Crippen molar-refractivity contribution in [3.63, 3.8) is 0 Å². The zero-order valence-corrected chi connectivity index (χ0v) is 30.3. The molecule has 2 atom stereocenters. The number of nitrogens with one attached hydrogen (secondary N) is 3. The second-order valence-corrected chi connectivity index (χ2v) is 14.6. The number of alkyl halides is 3. The number of aromatic nitrogens is 3. The number of amides is 2. The number of pyridine rings is 1. The number of benzene rings is 2. The number of aromatic amines is 1. The molecule has 2 aromatic carbocycles. The predicted molar refractivity (Wildman–Crippen MR) is 197 cm³/mol. The maximum Gasteiger partial charge on any atom is 0.573 e. The quantitative estimate of drug-likeness (QED) is 0.199. The summed E-state index contributed by atoms with van der Waals surface area (Å²) in [6, 6.07) is 10.6. The summed E-state index contributed by atoms with van der Waals surface area (Å²) < 4.78 is 46.5. The summed E-state index contributed by atoms with van der Waals surface area (Å²) in [5.74, 6) is -0.0814. The molecule has 0 saturated carbocycles. The van der Waals surface area contributed by atoms with Crippen molar-refractivity contribution in [3.8, 4) is 16.9 Å². The summed E-state index contributed by atoms with van der Waals surface area (Å²) in [7, 11) is 1.57. The number of aliphatic hydroxyl groups is 1. The number of hydrogen-bond acceptors (Lipinski definition) is 9. The molecule has 2 unspecified atom stereocenters. The predicted octanol–water partition coefficient (Wildman–Crippen LogP) is 4.10. The highest BCUT2D eigenvalue weighted by atomic mass is 19.4. The Labute approximate surface area is 310 Å². The van der Waals surface area contributed by atoms with Crippen LogP contribution < -0.4 is 25.8 Å². The van der Waals surface area contributed by atoms with Gasteiger partial charge in [0.15, 0.2) is 0 Å². The minimum absolute atomic E-state index is 0.106. The van der Waals surface area contributed by atoms with Crippen LogP contribution in [0.5, 0.6) is 5.75 Å². The third-order valence-corrected chi connectivity index (χ3v) is 10.8. The van der Waals surface area contributed by atoms with Gasteiger partial charge in [0.2, 0.25) is 11.8 Å². The Morgan fingerprint density at radius 2 is 1.80 bits per heavy atom. The minimum atomic E-state index is -4.90. The van der Waals surface area contributed by atoms with Crippen molar-refractivity contribution in [2.45, 2.75) is 64.2 Å². The molecule has 2 aromatic heterocycles. The highest BCUT2D eigenvalue weighted by molar-refractivity contribution is 5.93. The van der Waals surface area contributed by atoms with Crippen molar-refractivity contribution in [3.05, 3.63) is 70.3 Å². The third kappa shape index (κ3) is 8.34. The van der Waals surface area contributed by atoms with Crippen LogP contribution in [0.1, 0.15) is 43.2 Å². The van der Waals surface area contributed by atoms with Crippen LogP contribution in [0.3, 0.4) is 0 Å². The first-order valence-corrected chi connectivity index (χ1v) is 18.3. The first kappa shape index (κ1) is 37.2. The number of piperazine rings is 1. The average molecular weight is 751 g/mol. The van der Waals surface area contributed by atoms with Gasteiger partial charge >= 0.3 is 6.36 Å². The van der Waals surface area contributed by atoms with Gasteiger partial charge in [-0.1, -0.05) is 12.1 Å². The van der Waals surface area contributed by atoms with Crippen LogP contribution in [0.4, 0.5) is 24.5 Å². The summed E-state index contributed by atoms with van der Waals surface area (Å²) in [5, 5.41) is 23.2. The fourth-order valence-electron chi connectivity index (χ4n) is 7.85. The molecule has 288 valence electrons. The van der Waals surface area contributed by atoms with Crippen LogP contribution in [0.2, 0.25) is 0 Å². The van der Waals surface area contributed by atoms with Gasteiger partial charge in [-0.3, -0.25) is 24.4 Å². The number of hydrogen-bond donors (Lipinski definition) is 4. The highest BCUT2D eigenvalue weighted by Crippen LogP contribution is 2.35. The first-order chi connectivity index (χ1) is 25.8. The standard InChI is InChI=1S/C38H45F3N8O5/c1-23-17-27(43-30-6-8-33(50)44-36(30)52)5-7-31(23)48-11-9-24(10-12-48)18-34(51)49-15-13-47(14-16-49)21-26-4-3-25(19-32(26)54-38(39,40)41)29-22-46(2)37(53)35-28(29)20-42-45-35/h3-5,7,17,19-20,22,24,30,36,43,52H,6,8-16,18,21H2,1-2H3,(H,42,45)(H,44,50). The molecule has 0 bridgehead atoms. The molecule has 13 nitrogen and oxygen atoms in total. The lowest BCUT2D eigenvalue weighted by Gasteiger charge is -2.37. The molecular formula is C38H45F3N8O5. The summed E-state index contributed by atoms with van der Waals surface area (Å²) in [5.41, 5.74) is 4.47. The minimum Gasteiger partial charge on any atom is -0.405 e. The van der Waals surface area contributed by atoms with Crippen LogP contribution in [0.25, 0.3) is 22.0 Å². The molecular weight excluding hydrogens is 705 g/mol. The highest BCUT2D eigenvalue weighted by Gasteiger charge is 2.33. The van der Waals surface area contributed by atoms with Crippen LogP contribution >= 0.6 is 0 Å². The van der Waals surface area contributed by atoms with Gasteiger partial charge in [-0.25, -0.2) is 0 Å². The number of piperidine rings is 2. The summed E-state index contributed by atoms with van der Waals surface area (Å²) in [6.45, 7) is 5.97. The number of aryl methyl sites for hydroxylation is 2. The lowest BCUT2D eigenvalue weighted by Crippen LogP contribution is -2.51. The Hall–Kier alpha value is -5.09. The van der Waals surface area contributed by atoms with E-state index >= 15 is 0 Å². The Morgan fingerprint density at radius 1 is 1.04 bits per heavy atom. The van der Waals surface area contributed by atoms with E-state index in [0.717, 1.165) is 42.9 Å². The number of fused-ring (bicyclic) bond motifs is 1. The zero-order valence-electron chi connectivity index (χ0n) is 30.3. The smallest absolute Gasteiger partial charge is 0.405 e. The number of carbonyl (C=O) groups is 2. The van der Waals surface area contributed by atoms with E-state index in [0.29, 0.717) is 67.5 Å². The van der Waals surface area contributed by atoms with E-state index in [9.17, 15) is 32.7 Å². The van der Waals surface area contributed by atoms with Crippen molar-refractivity contribution in [1.82, 2.24) is 29.9 Å². The average Bonchev–Trinajstić information content (AvgIpc) is 3.63. The van der Waals surface area contributed by atoms with Crippen LogP contribution in [0, 0.1) is 12.8 Å². The van der Waals surface area contributed by atoms with Gasteiger partial charge in [-0.05, 0) is 67.5 Å². The van der Waals surface area contributed by atoms with Gasteiger partial charge in [-0.15, -0.1) is 13.2 Å². The topological polar surface area (TPSA) is 148 Å². The molecule has 3 saturated heterocycles. The SMILES string of the molecule is Cc1cc(NC2CCC(=O)NC2O)ccc1N1CCC(CC(=O)N2CCN(Cc3ccc(-c4cn(C)c(=O)c5[nH]ncc45)cc3OC(F)(F)F)CC2)CC1. The third-order valence-electron chi connectivity index (χ3n) is 10.8. The van der Waals surface area contributed by atoms with Gasteiger partial charge in [0.25, 0.3) is 5.56 Å². The second-order valence-electron chi connectivity index (χ2n) is 14.6. The van der Waals surface area contributed by atoms with E-state index in [1.165, 1.54) is 16.8 Å². The van der Waals surface area contributed by atoms with Crippen LogP contribution in [-0.4, -0.2) is 99.4 Å². The van der Waals surface area contributed by atoms with Crippen molar-refractivity contribution in [1.29, 1.82) is 0 Å². The number of carbonyl (C=O) groups excluding carboxylic acids is 2. The molecule has 0 aliphatic carbocycles. The molecule has 7 rings (SSSR count). The first-order valence-electron chi connectivity index (χ1n) is 18.3. The number of H-pyrrole nitrogens is 1. The number of halogens is 3. The maximum atomic E-state index is 13.6. The Kier molecular flexibility index (Phi) is 10.6. The van der Waals surface area contributed by atoms with Crippen molar-refractivity contribution < 1.29 is 32.6 Å². The monoisotopic (exact) mass is 750 g/mol. The molecule has 3 aliphatic rings. The number of anilines is 2. The fraction of sp³-hybridized carbons (Fsp3) is 0.474. The number of rotatable bonds is 9. The largest absolute Gasteiger partial charge is 0.573 e. The Balaban J connectivity index is 0.910. The van der Waals surface area contributed by atoms with Gasteiger partial charge < -0.3 is 34.8 Å². The van der Waals surface area contributed by atoms with E-state index < -0.39 is 12.6 Å². The van der Waals surface area contributed by atoms with Crippen molar-refractivity contribution in [2.75, 3.05) is 49.5 Å². The number of nitrogens with zero attached hydrogens (tertiary/aromatic N) is 5. The van der Waals surface area contributed by atoms with Gasteiger partial charge in [0.1, 0.15) is 17.5 Å². The molecule has 3 aliphatic heterocycles. The van der Waals surface area contributed by atoms with Crippen molar-refractivity contribution in [2.24, 2.45) is 13.0 Å². The molecule has 3 fully saturated rings. The van der Waals surface area contributed by atoms with Crippen molar-refractivity contribution >= 4 is 34.1 Å². The lowest BCUT2D eigenvalue weighted by molar-refractivity contribution is -0.275. The molecule has 2 amide bonds. The van der Waals surface area contributed by atoms with Gasteiger partial charge in [-0.2, -0.15) is 5.10 Å². The van der Waals surface area contributed by atoms with E-state index in [2.05, 4.69) is 49.5 Å². The summed E-state index contributed by atoms with van der Waals surface area (Å²) >= 11 is 0. The summed E-state index contributed by atoms with van der Waals surface area (Å²) in [6.07, 6.45) is 0.410. The molecule has 5 heterocycles. The van der Waals surface area contributed by atoms with E-state index in [-0.39, 0.29) is 47.1 Å². The lowest BCUT2D eigenvalue weighted by atomic mass is 9.92. The molecule has 0 spiro atoms. The molecule has 4 aromatic rings. The zero-order chi connectivity index (χ0) is 38.1. The van der Waals surface area contributed by atoms with Crippen LogP contribution in [0.15, 0.2) is 53.6 Å². The number of aliphatic hydroxyl groups excluding tert-OH is 1. The number of ether oxygens (including phenoxy) is 1. The van der Waals surface area contributed by atoms with Gasteiger partial charge in [0.05, 0.1) is 12.2 Å². The Morgan fingerprint density at radius 3 is 2.50 bits per heavy atom. The molecule has 16 heteroatoms. The summed E-state index contributed by atoms with van der Waals surface area (Å²) in [4.78, 5) is 43.6. The van der Waals surface area contributed by atoms with E-state index in [1.807, 2.05) is 15.9 Å². The van der Waals surface area contributed by atoms with Crippen LogP contribution in [-0.2, 0) is 23.2 Å².